The molecule has 1 aromatic carbocycles. The Kier molecular flexibility index (Phi) is 5.78. The lowest BCUT2D eigenvalue weighted by atomic mass is 10.0. The van der Waals surface area contributed by atoms with Crippen molar-refractivity contribution >= 4 is 46.4 Å². The summed E-state index contributed by atoms with van der Waals surface area (Å²) >= 11 is 12.0. The lowest BCUT2D eigenvalue weighted by molar-refractivity contribution is -0.141. The highest BCUT2D eigenvalue weighted by Gasteiger charge is 2.32. The molecule has 0 radical (unpaired) electrons. The van der Waals surface area contributed by atoms with E-state index in [-0.39, 0.29) is 18.4 Å². The summed E-state index contributed by atoms with van der Waals surface area (Å²) in [4.78, 5) is 39.8. The molecular weight excluding hydrogens is 429 g/mol. The Hall–Kier alpha value is -2.84. The van der Waals surface area contributed by atoms with Crippen molar-refractivity contribution in [3.05, 3.63) is 63.1 Å². The normalized spacial score (nSPS) is 16.6. The number of carbonyl (C=O) groups excluding carboxylic acids is 2. The Morgan fingerprint density at radius 2 is 2.00 bits per heavy atom. The lowest BCUT2D eigenvalue weighted by Gasteiger charge is -2.34. The van der Waals surface area contributed by atoms with Crippen molar-refractivity contribution in [3.63, 3.8) is 0 Å². The van der Waals surface area contributed by atoms with E-state index in [0.29, 0.717) is 34.3 Å². The van der Waals surface area contributed by atoms with Gasteiger partial charge < -0.3 is 10.2 Å². The minimum absolute atomic E-state index is 0.230. The molecule has 1 aliphatic heterocycles. The first-order valence-electron chi connectivity index (χ1n) is 9.53. The van der Waals surface area contributed by atoms with Crippen LogP contribution < -0.4 is 11.0 Å². The summed E-state index contributed by atoms with van der Waals surface area (Å²) < 4.78 is 2.49. The van der Waals surface area contributed by atoms with Crippen LogP contribution in [0.25, 0.3) is 5.65 Å². The Balaban J connectivity index is 1.52. The van der Waals surface area contributed by atoms with Gasteiger partial charge in [0.15, 0.2) is 5.65 Å². The zero-order chi connectivity index (χ0) is 21.3. The Labute approximate surface area is 182 Å². The molecule has 0 saturated carbocycles. The molecule has 0 spiro atoms. The Morgan fingerprint density at radius 3 is 2.77 bits per heavy atom. The van der Waals surface area contributed by atoms with Crippen LogP contribution in [-0.2, 0) is 16.1 Å². The van der Waals surface area contributed by atoms with E-state index in [2.05, 4.69) is 10.4 Å². The second-order valence-corrected chi connectivity index (χ2v) is 7.92. The molecule has 0 bridgehead atoms. The highest BCUT2D eigenvalue weighted by atomic mass is 35.5. The van der Waals surface area contributed by atoms with Crippen molar-refractivity contribution in [3.8, 4) is 0 Å². The van der Waals surface area contributed by atoms with Crippen molar-refractivity contribution in [2.45, 2.75) is 31.8 Å². The maximum absolute atomic E-state index is 13.0. The summed E-state index contributed by atoms with van der Waals surface area (Å²) in [7, 11) is 0. The smallest absolute Gasteiger partial charge is 0.329 e. The third-order valence-corrected chi connectivity index (χ3v) is 5.64. The van der Waals surface area contributed by atoms with Crippen LogP contribution in [0.2, 0.25) is 10.0 Å². The first kappa shape index (κ1) is 20.4. The van der Waals surface area contributed by atoms with E-state index in [1.165, 1.54) is 9.30 Å². The van der Waals surface area contributed by atoms with Crippen LogP contribution in [0.1, 0.15) is 19.3 Å². The van der Waals surface area contributed by atoms with Crippen LogP contribution in [0, 0.1) is 0 Å². The van der Waals surface area contributed by atoms with Crippen LogP contribution in [0.4, 0.5) is 5.69 Å². The van der Waals surface area contributed by atoms with Crippen LogP contribution in [0.15, 0.2) is 47.4 Å². The first-order chi connectivity index (χ1) is 14.4. The molecular formula is C20H19Cl2N5O3. The number of pyridine rings is 1. The van der Waals surface area contributed by atoms with Crippen molar-refractivity contribution < 1.29 is 9.59 Å². The van der Waals surface area contributed by atoms with Gasteiger partial charge in [0, 0.05) is 17.8 Å². The summed E-state index contributed by atoms with van der Waals surface area (Å²) in [6.07, 6.45) is 3.74. The molecule has 156 valence electrons. The molecule has 1 fully saturated rings. The Morgan fingerprint density at radius 1 is 1.17 bits per heavy atom. The third-order valence-electron chi connectivity index (χ3n) is 5.09. The summed E-state index contributed by atoms with van der Waals surface area (Å²) in [6, 6.07) is 9.31. The molecule has 2 amide bonds. The van der Waals surface area contributed by atoms with Gasteiger partial charge >= 0.3 is 5.69 Å². The first-order valence-corrected chi connectivity index (χ1v) is 10.3. The van der Waals surface area contributed by atoms with Crippen LogP contribution in [0.5, 0.6) is 0 Å². The van der Waals surface area contributed by atoms with E-state index in [1.54, 1.807) is 42.6 Å². The third kappa shape index (κ3) is 4.06. The van der Waals surface area contributed by atoms with E-state index < -0.39 is 11.7 Å². The molecule has 1 atom stereocenters. The number of hydrogen-bond acceptors (Lipinski definition) is 4. The molecule has 1 unspecified atom stereocenters. The van der Waals surface area contributed by atoms with E-state index in [9.17, 15) is 14.4 Å². The van der Waals surface area contributed by atoms with E-state index in [4.69, 9.17) is 23.2 Å². The number of carbonyl (C=O) groups is 2. The molecule has 1 aliphatic rings. The van der Waals surface area contributed by atoms with Gasteiger partial charge in [-0.15, -0.1) is 5.10 Å². The van der Waals surface area contributed by atoms with Gasteiger partial charge in [-0.3, -0.25) is 14.0 Å². The molecule has 4 rings (SSSR count). The molecule has 8 nitrogen and oxygen atoms in total. The van der Waals surface area contributed by atoms with Crippen LogP contribution in [0.3, 0.4) is 0 Å². The molecule has 1 N–H and O–H groups in total. The minimum Gasteiger partial charge on any atom is -0.329 e. The van der Waals surface area contributed by atoms with Gasteiger partial charge in [0.05, 0.1) is 10.7 Å². The number of amides is 2. The number of piperidine rings is 1. The number of anilines is 1. The van der Waals surface area contributed by atoms with Crippen LogP contribution in [-0.4, -0.2) is 43.5 Å². The van der Waals surface area contributed by atoms with Crippen molar-refractivity contribution in [2.24, 2.45) is 0 Å². The van der Waals surface area contributed by atoms with Gasteiger partial charge in [0.25, 0.3) is 0 Å². The molecule has 1 saturated heterocycles. The maximum atomic E-state index is 13.0. The SMILES string of the molecule is O=C(Nc1ccc(Cl)cc1Cl)C1CCCCN1C(=O)Cn1nc2ccccn2c1=O. The Bertz CT molecular complexity index is 1170. The van der Waals surface area contributed by atoms with Crippen molar-refractivity contribution in [1.82, 2.24) is 19.1 Å². The molecule has 10 heteroatoms. The number of rotatable bonds is 4. The number of benzene rings is 1. The van der Waals surface area contributed by atoms with E-state index in [1.807, 2.05) is 0 Å². The van der Waals surface area contributed by atoms with Crippen molar-refractivity contribution in [2.75, 3.05) is 11.9 Å². The molecule has 3 heterocycles. The summed E-state index contributed by atoms with van der Waals surface area (Å²) in [6.45, 7) is 0.208. The molecule has 30 heavy (non-hydrogen) atoms. The highest BCUT2D eigenvalue weighted by molar-refractivity contribution is 6.36. The van der Waals surface area contributed by atoms with E-state index in [0.717, 1.165) is 17.5 Å². The van der Waals surface area contributed by atoms with E-state index >= 15 is 0 Å². The summed E-state index contributed by atoms with van der Waals surface area (Å²) in [5.74, 6) is -0.655. The van der Waals surface area contributed by atoms with Gasteiger partial charge in [0.1, 0.15) is 12.6 Å². The van der Waals surface area contributed by atoms with Gasteiger partial charge in [-0.1, -0.05) is 29.3 Å². The van der Waals surface area contributed by atoms with Gasteiger partial charge in [-0.2, -0.15) is 0 Å². The monoisotopic (exact) mass is 447 g/mol. The second kappa shape index (κ2) is 8.49. The molecule has 0 aliphatic carbocycles. The van der Waals surface area contributed by atoms with Gasteiger partial charge in [-0.25, -0.2) is 9.48 Å². The van der Waals surface area contributed by atoms with Gasteiger partial charge in [-0.05, 0) is 49.6 Å². The number of likely N-dealkylation sites (tertiary alicyclic amines) is 1. The predicted molar refractivity (Wildman–Crippen MR) is 114 cm³/mol. The van der Waals surface area contributed by atoms with Crippen LogP contribution >= 0.6 is 23.2 Å². The standard InChI is InChI=1S/C20H19Cl2N5O3/c21-13-7-8-15(14(22)11-13)23-19(29)16-5-1-3-9-25(16)18(28)12-27-20(30)26-10-4-2-6-17(26)24-27/h2,4,6-8,10-11,16H,1,3,5,9,12H2,(H,23,29). The maximum Gasteiger partial charge on any atom is 0.350 e. The number of fused-ring (bicyclic) bond motifs is 1. The number of nitrogens with one attached hydrogen (secondary N) is 1. The second-order valence-electron chi connectivity index (χ2n) is 7.08. The molecule has 2 aromatic heterocycles. The fourth-order valence-electron chi connectivity index (χ4n) is 3.60. The zero-order valence-electron chi connectivity index (χ0n) is 15.9. The average molecular weight is 448 g/mol. The lowest BCUT2D eigenvalue weighted by Crippen LogP contribution is -2.51. The number of nitrogens with zero attached hydrogens (tertiary/aromatic N) is 4. The zero-order valence-corrected chi connectivity index (χ0v) is 17.4. The summed E-state index contributed by atoms with van der Waals surface area (Å²) in [5, 5.41) is 7.75. The molecule has 3 aromatic rings. The fourth-order valence-corrected chi connectivity index (χ4v) is 4.06. The average Bonchev–Trinajstić information content (AvgIpc) is 3.05. The largest absolute Gasteiger partial charge is 0.350 e. The highest BCUT2D eigenvalue weighted by Crippen LogP contribution is 2.27. The number of aromatic nitrogens is 3. The fraction of sp³-hybridized carbons (Fsp3) is 0.300. The predicted octanol–water partition coefficient (Wildman–Crippen LogP) is 2.82. The quantitative estimate of drug-likeness (QED) is 0.665. The number of halogens is 2. The topological polar surface area (TPSA) is 88.7 Å². The van der Waals surface area contributed by atoms with Crippen molar-refractivity contribution in [1.29, 1.82) is 0 Å². The minimum atomic E-state index is -0.647. The summed E-state index contributed by atoms with van der Waals surface area (Å²) in [5.41, 5.74) is 0.492. The van der Waals surface area contributed by atoms with Gasteiger partial charge in [0.2, 0.25) is 11.8 Å². The number of hydrogen-bond donors (Lipinski definition) is 1.